The first kappa shape index (κ1) is 14.1. The Bertz CT molecular complexity index is 493. The number of furan rings is 1. The van der Waals surface area contributed by atoms with Gasteiger partial charge in [0, 0.05) is 23.0 Å². The summed E-state index contributed by atoms with van der Waals surface area (Å²) in [6, 6.07) is 8.78. The lowest BCUT2D eigenvalue weighted by molar-refractivity contribution is 0.456. The van der Waals surface area contributed by atoms with Crippen LogP contribution in [0.15, 0.2) is 41.0 Å². The summed E-state index contributed by atoms with van der Waals surface area (Å²) >= 11 is 6.04. The first-order valence-electron chi connectivity index (χ1n) is 6.33. The lowest BCUT2D eigenvalue weighted by Gasteiger charge is -2.16. The van der Waals surface area contributed by atoms with E-state index in [2.05, 4.69) is 5.32 Å². The van der Waals surface area contributed by atoms with E-state index in [1.807, 2.05) is 19.2 Å². The molecule has 2 nitrogen and oxygen atoms in total. The monoisotopic (exact) mass is 281 g/mol. The Kier molecular flexibility index (Phi) is 5.00. The first-order chi connectivity index (χ1) is 9.20. The average Bonchev–Trinajstić information content (AvgIpc) is 2.91. The number of likely N-dealkylation sites (N-methyl/N-ethyl adjacent to an activating group) is 1. The van der Waals surface area contributed by atoms with Crippen molar-refractivity contribution in [1.29, 1.82) is 0 Å². The second-order valence-corrected chi connectivity index (χ2v) is 4.92. The van der Waals surface area contributed by atoms with E-state index >= 15 is 0 Å². The summed E-state index contributed by atoms with van der Waals surface area (Å²) in [7, 11) is 1.88. The average molecular weight is 282 g/mol. The highest BCUT2D eigenvalue weighted by Gasteiger charge is 2.14. The molecule has 0 radical (unpaired) electrons. The Hall–Kier alpha value is -1.32. The summed E-state index contributed by atoms with van der Waals surface area (Å²) in [4.78, 5) is 0. The van der Waals surface area contributed by atoms with E-state index in [-0.39, 0.29) is 11.9 Å². The molecule has 4 heteroatoms. The SMILES string of the molecule is CNC(CCc1ccco1)Cc1c(F)cccc1Cl. The molecule has 1 N–H and O–H groups in total. The molecule has 1 heterocycles. The fraction of sp³-hybridized carbons (Fsp3) is 0.333. The Morgan fingerprint density at radius 3 is 2.79 bits per heavy atom. The van der Waals surface area contributed by atoms with Gasteiger partial charge in [0.2, 0.25) is 0 Å². The summed E-state index contributed by atoms with van der Waals surface area (Å²) in [5, 5.41) is 3.68. The van der Waals surface area contributed by atoms with E-state index in [1.165, 1.54) is 6.07 Å². The highest BCUT2D eigenvalue weighted by atomic mass is 35.5. The van der Waals surface area contributed by atoms with Crippen molar-refractivity contribution in [3.05, 3.63) is 58.8 Å². The van der Waals surface area contributed by atoms with Crippen LogP contribution in [-0.2, 0) is 12.8 Å². The minimum absolute atomic E-state index is 0.166. The van der Waals surface area contributed by atoms with Crippen molar-refractivity contribution in [3.8, 4) is 0 Å². The third-order valence-electron chi connectivity index (χ3n) is 3.24. The number of hydrogen-bond acceptors (Lipinski definition) is 2. The molecule has 2 rings (SSSR count). The molecule has 1 unspecified atom stereocenters. The van der Waals surface area contributed by atoms with Gasteiger partial charge in [-0.15, -0.1) is 0 Å². The van der Waals surface area contributed by atoms with Crippen LogP contribution >= 0.6 is 11.6 Å². The third kappa shape index (κ3) is 3.82. The molecule has 0 amide bonds. The molecule has 0 spiro atoms. The molecule has 0 aliphatic rings. The maximum Gasteiger partial charge on any atom is 0.127 e. The van der Waals surface area contributed by atoms with Crippen molar-refractivity contribution >= 4 is 11.6 Å². The van der Waals surface area contributed by atoms with E-state index in [9.17, 15) is 4.39 Å². The van der Waals surface area contributed by atoms with Crippen LogP contribution in [0.25, 0.3) is 0 Å². The molecule has 0 saturated heterocycles. The smallest absolute Gasteiger partial charge is 0.127 e. The summed E-state index contributed by atoms with van der Waals surface area (Å²) in [5.41, 5.74) is 0.572. The fourth-order valence-corrected chi connectivity index (χ4v) is 2.33. The van der Waals surface area contributed by atoms with Crippen LogP contribution in [0.4, 0.5) is 4.39 Å². The van der Waals surface area contributed by atoms with Gasteiger partial charge >= 0.3 is 0 Å². The van der Waals surface area contributed by atoms with Gasteiger partial charge < -0.3 is 9.73 Å². The maximum absolute atomic E-state index is 13.7. The quantitative estimate of drug-likeness (QED) is 0.870. The van der Waals surface area contributed by atoms with Crippen LogP contribution in [-0.4, -0.2) is 13.1 Å². The molecule has 102 valence electrons. The van der Waals surface area contributed by atoms with Crippen molar-refractivity contribution < 1.29 is 8.81 Å². The van der Waals surface area contributed by atoms with Crippen molar-refractivity contribution in [2.75, 3.05) is 7.05 Å². The first-order valence-corrected chi connectivity index (χ1v) is 6.71. The molecule has 0 aliphatic carbocycles. The van der Waals surface area contributed by atoms with E-state index < -0.39 is 0 Å². The second kappa shape index (κ2) is 6.73. The van der Waals surface area contributed by atoms with E-state index in [4.69, 9.17) is 16.0 Å². The molecule has 1 aromatic carbocycles. The van der Waals surface area contributed by atoms with Gasteiger partial charge in [-0.25, -0.2) is 4.39 Å². The van der Waals surface area contributed by atoms with Gasteiger partial charge in [-0.05, 0) is 44.2 Å². The fourth-order valence-electron chi connectivity index (χ4n) is 2.09. The van der Waals surface area contributed by atoms with Crippen LogP contribution < -0.4 is 5.32 Å². The van der Waals surface area contributed by atoms with E-state index in [0.29, 0.717) is 17.0 Å². The number of halogens is 2. The summed E-state index contributed by atoms with van der Waals surface area (Å²) < 4.78 is 19.0. The molecule has 1 aromatic heterocycles. The van der Waals surface area contributed by atoms with Crippen molar-refractivity contribution in [2.24, 2.45) is 0 Å². The number of benzene rings is 1. The van der Waals surface area contributed by atoms with Crippen molar-refractivity contribution in [2.45, 2.75) is 25.3 Å². The number of hydrogen-bond donors (Lipinski definition) is 1. The van der Waals surface area contributed by atoms with E-state index in [0.717, 1.165) is 18.6 Å². The minimum Gasteiger partial charge on any atom is -0.469 e. The van der Waals surface area contributed by atoms with Gasteiger partial charge in [0.15, 0.2) is 0 Å². The molecule has 0 saturated carbocycles. The summed E-state index contributed by atoms with van der Waals surface area (Å²) in [5.74, 6) is 0.700. The van der Waals surface area contributed by atoms with E-state index in [1.54, 1.807) is 18.4 Å². The molecule has 19 heavy (non-hydrogen) atoms. The molecule has 2 aromatic rings. The topological polar surface area (TPSA) is 25.2 Å². The van der Waals surface area contributed by atoms with Crippen LogP contribution in [0.5, 0.6) is 0 Å². The molecule has 0 fully saturated rings. The number of rotatable bonds is 6. The lowest BCUT2D eigenvalue weighted by atomic mass is 10.0. The summed E-state index contributed by atoms with van der Waals surface area (Å²) in [6.07, 6.45) is 3.93. The zero-order chi connectivity index (χ0) is 13.7. The molecule has 0 bridgehead atoms. The molecule has 0 aliphatic heterocycles. The predicted molar refractivity (Wildman–Crippen MR) is 75.0 cm³/mol. The third-order valence-corrected chi connectivity index (χ3v) is 3.59. The largest absolute Gasteiger partial charge is 0.469 e. The van der Waals surface area contributed by atoms with Crippen LogP contribution in [0.1, 0.15) is 17.7 Å². The Labute approximate surface area is 117 Å². The lowest BCUT2D eigenvalue weighted by Crippen LogP contribution is -2.28. The standard InChI is InChI=1S/C15H17ClFNO/c1-18-11(7-8-12-4-3-9-19-12)10-13-14(16)5-2-6-15(13)17/h2-6,9,11,18H,7-8,10H2,1H3. The van der Waals surface area contributed by atoms with Gasteiger partial charge in [-0.2, -0.15) is 0 Å². The zero-order valence-electron chi connectivity index (χ0n) is 10.8. The predicted octanol–water partition coefficient (Wildman–Crippen LogP) is 3.84. The normalized spacial score (nSPS) is 12.6. The zero-order valence-corrected chi connectivity index (χ0v) is 11.6. The summed E-state index contributed by atoms with van der Waals surface area (Å²) in [6.45, 7) is 0. The van der Waals surface area contributed by atoms with Gasteiger partial charge in [-0.1, -0.05) is 17.7 Å². The second-order valence-electron chi connectivity index (χ2n) is 4.51. The minimum atomic E-state index is -0.245. The molecular formula is C15H17ClFNO. The Balaban J connectivity index is 1.98. The highest BCUT2D eigenvalue weighted by Crippen LogP contribution is 2.21. The number of aryl methyl sites for hydroxylation is 1. The van der Waals surface area contributed by atoms with Crippen LogP contribution in [0.2, 0.25) is 5.02 Å². The van der Waals surface area contributed by atoms with Crippen molar-refractivity contribution in [3.63, 3.8) is 0 Å². The Morgan fingerprint density at radius 2 is 2.16 bits per heavy atom. The molecule has 1 atom stereocenters. The van der Waals surface area contributed by atoms with Gasteiger partial charge in [-0.3, -0.25) is 0 Å². The highest BCUT2D eigenvalue weighted by molar-refractivity contribution is 6.31. The van der Waals surface area contributed by atoms with Crippen LogP contribution in [0.3, 0.4) is 0 Å². The number of nitrogens with one attached hydrogen (secondary N) is 1. The Morgan fingerprint density at radius 1 is 1.32 bits per heavy atom. The van der Waals surface area contributed by atoms with Crippen LogP contribution in [0, 0.1) is 5.82 Å². The maximum atomic E-state index is 13.7. The van der Waals surface area contributed by atoms with Gasteiger partial charge in [0.1, 0.15) is 11.6 Å². The van der Waals surface area contributed by atoms with Gasteiger partial charge in [0.05, 0.1) is 6.26 Å². The van der Waals surface area contributed by atoms with Gasteiger partial charge in [0.25, 0.3) is 0 Å². The van der Waals surface area contributed by atoms with Crippen molar-refractivity contribution in [1.82, 2.24) is 5.32 Å². The molecular weight excluding hydrogens is 265 g/mol.